The molecule has 0 radical (unpaired) electrons. The Balaban J connectivity index is 1.83. The van der Waals surface area contributed by atoms with Crippen LogP contribution in [0.4, 0.5) is 0 Å². The molecular weight excluding hydrogens is 408 g/mol. The molecule has 0 bridgehead atoms. The fraction of sp³-hybridized carbons (Fsp3) is 0.478. The summed E-state index contributed by atoms with van der Waals surface area (Å²) in [7, 11) is 2.03. The largest absolute Gasteiger partial charge is 0.379 e. The van der Waals surface area contributed by atoms with Crippen molar-refractivity contribution >= 4 is 22.6 Å². The zero-order chi connectivity index (χ0) is 22.8. The zero-order valence-corrected chi connectivity index (χ0v) is 18.9. The third-order valence-corrected chi connectivity index (χ3v) is 5.82. The van der Waals surface area contributed by atoms with Gasteiger partial charge in [0.1, 0.15) is 16.8 Å². The molecular formula is C23H30N6O3. The van der Waals surface area contributed by atoms with Gasteiger partial charge in [0, 0.05) is 45.5 Å². The third-order valence-electron chi connectivity index (χ3n) is 5.82. The Morgan fingerprint density at radius 3 is 2.69 bits per heavy atom. The number of amides is 1. The number of pyridine rings is 2. The van der Waals surface area contributed by atoms with Gasteiger partial charge in [-0.1, -0.05) is 6.07 Å². The molecule has 3 aromatic rings. The zero-order valence-electron chi connectivity index (χ0n) is 18.9. The summed E-state index contributed by atoms with van der Waals surface area (Å²) in [6, 6.07) is 6.91. The molecule has 0 unspecified atom stereocenters. The van der Waals surface area contributed by atoms with E-state index in [2.05, 4.69) is 9.88 Å². The number of rotatable bonds is 6. The van der Waals surface area contributed by atoms with Crippen molar-refractivity contribution in [3.63, 3.8) is 0 Å². The van der Waals surface area contributed by atoms with Crippen LogP contribution < -0.4 is 11.0 Å². The Labute approximate surface area is 186 Å². The summed E-state index contributed by atoms with van der Waals surface area (Å²) in [6.07, 6.45) is 2.43. The van der Waals surface area contributed by atoms with E-state index in [9.17, 15) is 9.59 Å². The van der Waals surface area contributed by atoms with Crippen LogP contribution in [0.15, 0.2) is 35.3 Å². The molecule has 0 aromatic carbocycles. The van der Waals surface area contributed by atoms with E-state index >= 15 is 0 Å². The van der Waals surface area contributed by atoms with Gasteiger partial charge >= 0.3 is 0 Å². The topological polar surface area (TPSA) is 95.9 Å². The molecule has 1 aliphatic heterocycles. The Morgan fingerprint density at radius 1 is 1.22 bits per heavy atom. The second-order valence-corrected chi connectivity index (χ2v) is 8.51. The molecule has 9 nitrogen and oxygen atoms in total. The highest BCUT2D eigenvalue weighted by atomic mass is 16.5. The van der Waals surface area contributed by atoms with Crippen molar-refractivity contribution in [3.05, 3.63) is 51.9 Å². The lowest BCUT2D eigenvalue weighted by Crippen LogP contribution is -2.48. The number of piperazine rings is 1. The SMILES string of the molecule is CC(C)OCCCn1c(=N)c(C(=O)N2CCN(C)CC2)cc2c(=O)n3ccccc3nc21. The molecule has 1 fully saturated rings. The summed E-state index contributed by atoms with van der Waals surface area (Å²) in [4.78, 5) is 35.2. The van der Waals surface area contributed by atoms with Gasteiger partial charge in [-0.2, -0.15) is 0 Å². The number of likely N-dealkylation sites (N-methyl/N-ethyl adjacent to an activating group) is 1. The number of aryl methyl sites for hydroxylation is 1. The number of nitrogens with zero attached hydrogens (tertiary/aromatic N) is 5. The van der Waals surface area contributed by atoms with Crippen LogP contribution in [0.3, 0.4) is 0 Å². The number of aromatic nitrogens is 3. The quantitative estimate of drug-likeness (QED) is 0.463. The summed E-state index contributed by atoms with van der Waals surface area (Å²) < 4.78 is 8.80. The standard InChI is InChI=1S/C23H30N6O3/c1-16(2)32-14-6-9-29-20(24)17(22(30)27-12-10-26(3)11-13-27)15-18-21(29)25-19-7-4-5-8-28(19)23(18)31/h4-5,7-8,15-16,24H,6,9-14H2,1-3H3. The lowest BCUT2D eigenvalue weighted by Gasteiger charge is -2.32. The lowest BCUT2D eigenvalue weighted by molar-refractivity contribution is 0.0661. The molecule has 3 aromatic heterocycles. The van der Waals surface area contributed by atoms with Crippen LogP contribution in [0.25, 0.3) is 16.7 Å². The monoisotopic (exact) mass is 438 g/mol. The minimum atomic E-state index is -0.245. The van der Waals surface area contributed by atoms with Crippen LogP contribution in [-0.4, -0.2) is 75.6 Å². The van der Waals surface area contributed by atoms with Crippen LogP contribution in [0.5, 0.6) is 0 Å². The van der Waals surface area contributed by atoms with Crippen LogP contribution in [-0.2, 0) is 11.3 Å². The van der Waals surface area contributed by atoms with E-state index in [1.807, 2.05) is 27.0 Å². The molecule has 0 saturated carbocycles. The van der Waals surface area contributed by atoms with Crippen LogP contribution in [0, 0.1) is 5.41 Å². The molecule has 1 N–H and O–H groups in total. The van der Waals surface area contributed by atoms with E-state index in [1.165, 1.54) is 4.40 Å². The van der Waals surface area contributed by atoms with Crippen molar-refractivity contribution in [1.29, 1.82) is 5.41 Å². The number of hydrogen-bond acceptors (Lipinski definition) is 6. The normalized spacial score (nSPS) is 15.2. The Morgan fingerprint density at radius 2 is 1.97 bits per heavy atom. The molecule has 0 aliphatic carbocycles. The van der Waals surface area contributed by atoms with E-state index in [0.29, 0.717) is 49.3 Å². The number of carbonyl (C=O) groups excluding carboxylic acids is 1. The first-order valence-electron chi connectivity index (χ1n) is 11.1. The summed E-state index contributed by atoms with van der Waals surface area (Å²) in [5.74, 6) is -0.213. The van der Waals surface area contributed by atoms with Crippen LogP contribution in [0.1, 0.15) is 30.6 Å². The van der Waals surface area contributed by atoms with Gasteiger partial charge < -0.3 is 19.1 Å². The molecule has 9 heteroatoms. The van der Waals surface area contributed by atoms with Gasteiger partial charge in [0.25, 0.3) is 11.5 Å². The van der Waals surface area contributed by atoms with Crippen molar-refractivity contribution in [3.8, 4) is 0 Å². The fourth-order valence-corrected chi connectivity index (χ4v) is 3.99. The Bertz CT molecular complexity index is 1250. The second kappa shape index (κ2) is 9.22. The first-order valence-corrected chi connectivity index (χ1v) is 11.1. The van der Waals surface area contributed by atoms with E-state index in [-0.39, 0.29) is 28.6 Å². The molecule has 1 saturated heterocycles. The summed E-state index contributed by atoms with van der Waals surface area (Å²) in [5.41, 5.74) is 1.00. The number of hydrogen-bond donors (Lipinski definition) is 1. The maximum atomic E-state index is 13.3. The van der Waals surface area contributed by atoms with Gasteiger partial charge in [0.2, 0.25) is 0 Å². The molecule has 0 spiro atoms. The number of nitrogens with one attached hydrogen (secondary N) is 1. The maximum absolute atomic E-state index is 13.3. The molecule has 4 heterocycles. The van der Waals surface area contributed by atoms with Gasteiger partial charge in [-0.15, -0.1) is 0 Å². The number of fused-ring (bicyclic) bond motifs is 2. The minimum absolute atomic E-state index is 0.0816. The average Bonchev–Trinajstić information content (AvgIpc) is 2.78. The maximum Gasteiger partial charge on any atom is 0.267 e. The first kappa shape index (κ1) is 22.2. The highest BCUT2D eigenvalue weighted by Crippen LogP contribution is 2.13. The second-order valence-electron chi connectivity index (χ2n) is 8.51. The Kier molecular flexibility index (Phi) is 6.38. The van der Waals surface area contributed by atoms with Crippen molar-refractivity contribution < 1.29 is 9.53 Å². The van der Waals surface area contributed by atoms with Gasteiger partial charge in [-0.3, -0.25) is 19.4 Å². The Hall–Kier alpha value is -3.04. The smallest absolute Gasteiger partial charge is 0.267 e. The first-order chi connectivity index (χ1) is 15.4. The molecule has 1 amide bonds. The molecule has 170 valence electrons. The molecule has 4 rings (SSSR count). The fourth-order valence-electron chi connectivity index (χ4n) is 3.99. The summed E-state index contributed by atoms with van der Waals surface area (Å²) in [5, 5.41) is 9.17. The van der Waals surface area contributed by atoms with Gasteiger partial charge in [0.05, 0.1) is 17.1 Å². The van der Waals surface area contributed by atoms with E-state index < -0.39 is 0 Å². The van der Waals surface area contributed by atoms with Crippen molar-refractivity contribution in [2.24, 2.45) is 0 Å². The van der Waals surface area contributed by atoms with Crippen molar-refractivity contribution in [2.75, 3.05) is 39.8 Å². The predicted octanol–water partition coefficient (Wildman–Crippen LogP) is 1.33. The summed E-state index contributed by atoms with van der Waals surface area (Å²) in [6.45, 7) is 7.68. The minimum Gasteiger partial charge on any atom is -0.379 e. The van der Waals surface area contributed by atoms with Crippen molar-refractivity contribution in [1.82, 2.24) is 23.8 Å². The van der Waals surface area contributed by atoms with Crippen molar-refractivity contribution in [2.45, 2.75) is 32.9 Å². The van der Waals surface area contributed by atoms with E-state index in [0.717, 1.165) is 13.1 Å². The third kappa shape index (κ3) is 4.31. The van der Waals surface area contributed by atoms with Crippen LogP contribution >= 0.6 is 0 Å². The average molecular weight is 439 g/mol. The van der Waals surface area contributed by atoms with Gasteiger partial charge in [0.15, 0.2) is 0 Å². The van der Waals surface area contributed by atoms with Crippen LogP contribution in [0.2, 0.25) is 0 Å². The molecule has 0 atom stereocenters. The summed E-state index contributed by atoms with van der Waals surface area (Å²) >= 11 is 0. The highest BCUT2D eigenvalue weighted by molar-refractivity contribution is 5.97. The van der Waals surface area contributed by atoms with E-state index in [1.54, 1.807) is 33.9 Å². The number of ether oxygens (including phenoxy) is 1. The lowest BCUT2D eigenvalue weighted by atomic mass is 10.1. The molecule has 1 aliphatic rings. The molecule has 32 heavy (non-hydrogen) atoms. The highest BCUT2D eigenvalue weighted by Gasteiger charge is 2.24. The van der Waals surface area contributed by atoms with Gasteiger partial charge in [-0.25, -0.2) is 4.98 Å². The predicted molar refractivity (Wildman–Crippen MR) is 122 cm³/mol. The van der Waals surface area contributed by atoms with Gasteiger partial charge in [-0.05, 0) is 45.5 Å². The van der Waals surface area contributed by atoms with E-state index in [4.69, 9.17) is 10.1 Å². The number of carbonyl (C=O) groups is 1.